The molecule has 0 atom stereocenters. The quantitative estimate of drug-likeness (QED) is 0.811. The summed E-state index contributed by atoms with van der Waals surface area (Å²) in [6, 6.07) is 0.316. The van der Waals surface area contributed by atoms with Crippen molar-refractivity contribution in [3.63, 3.8) is 0 Å². The van der Waals surface area contributed by atoms with E-state index in [2.05, 4.69) is 19.2 Å². The zero-order valence-corrected chi connectivity index (χ0v) is 11.9. The van der Waals surface area contributed by atoms with Gasteiger partial charge < -0.3 is 10.1 Å². The molecule has 0 aromatic rings. The lowest BCUT2D eigenvalue weighted by Crippen LogP contribution is -2.51. The van der Waals surface area contributed by atoms with E-state index in [-0.39, 0.29) is 6.09 Å². The average Bonchev–Trinajstić information content (AvgIpc) is 2.11. The van der Waals surface area contributed by atoms with Gasteiger partial charge in [0.1, 0.15) is 5.60 Å². The Bertz CT molecular complexity index is 262. The molecule has 0 aromatic heterocycles. The van der Waals surface area contributed by atoms with Crippen molar-refractivity contribution in [1.29, 1.82) is 0 Å². The normalized spacial score (nSPS) is 28.4. The molecular formula is C14H27NO2. The molecule has 0 saturated heterocycles. The van der Waals surface area contributed by atoms with Crippen LogP contribution in [-0.2, 0) is 4.74 Å². The van der Waals surface area contributed by atoms with Crippen LogP contribution in [0.2, 0.25) is 0 Å². The predicted octanol–water partition coefficient (Wildman–Crippen LogP) is 3.87. The maximum absolute atomic E-state index is 11.6. The summed E-state index contributed by atoms with van der Waals surface area (Å²) in [5, 5.41) is 2.96. The number of alkyl carbamates (subject to hydrolysis) is 1. The molecule has 1 saturated carbocycles. The fourth-order valence-corrected chi connectivity index (χ4v) is 2.76. The zero-order chi connectivity index (χ0) is 13.1. The largest absolute Gasteiger partial charge is 0.444 e. The van der Waals surface area contributed by atoms with Crippen LogP contribution in [0, 0.1) is 5.41 Å². The fraction of sp³-hybridized carbons (Fsp3) is 0.929. The number of carbonyl (C=O) groups excluding carboxylic acids is 1. The highest BCUT2D eigenvalue weighted by Gasteiger charge is 2.42. The van der Waals surface area contributed by atoms with Gasteiger partial charge in [0.05, 0.1) is 0 Å². The Labute approximate surface area is 105 Å². The number of nitrogens with one attached hydrogen (secondary N) is 1. The van der Waals surface area contributed by atoms with Gasteiger partial charge in [-0.2, -0.15) is 0 Å². The second-order valence-corrected chi connectivity index (χ2v) is 6.35. The summed E-state index contributed by atoms with van der Waals surface area (Å²) in [7, 11) is 0. The molecule has 1 amide bonds. The number of hydrogen-bond donors (Lipinski definition) is 1. The van der Waals surface area contributed by atoms with Crippen molar-refractivity contribution in [3.8, 4) is 0 Å². The van der Waals surface area contributed by atoms with E-state index < -0.39 is 5.60 Å². The molecule has 3 nitrogen and oxygen atoms in total. The lowest BCUT2D eigenvalue weighted by Gasteiger charge is -2.47. The van der Waals surface area contributed by atoms with Crippen molar-refractivity contribution in [2.24, 2.45) is 5.41 Å². The molecule has 100 valence electrons. The van der Waals surface area contributed by atoms with Crippen LogP contribution in [0.3, 0.4) is 0 Å². The number of hydrogen-bond acceptors (Lipinski definition) is 2. The van der Waals surface area contributed by atoms with E-state index in [1.54, 1.807) is 0 Å². The number of amides is 1. The zero-order valence-electron chi connectivity index (χ0n) is 11.9. The molecule has 0 spiro atoms. The second-order valence-electron chi connectivity index (χ2n) is 6.35. The van der Waals surface area contributed by atoms with Crippen molar-refractivity contribution in [1.82, 2.24) is 5.32 Å². The number of rotatable bonds is 4. The van der Waals surface area contributed by atoms with Crippen LogP contribution >= 0.6 is 0 Å². The van der Waals surface area contributed by atoms with Gasteiger partial charge in [0.25, 0.3) is 0 Å². The minimum atomic E-state index is -0.404. The van der Waals surface area contributed by atoms with Gasteiger partial charge in [0, 0.05) is 6.04 Å². The molecule has 0 radical (unpaired) electrons. The van der Waals surface area contributed by atoms with Gasteiger partial charge in [-0.3, -0.25) is 0 Å². The van der Waals surface area contributed by atoms with E-state index in [0.29, 0.717) is 11.5 Å². The molecule has 1 aliphatic rings. The summed E-state index contributed by atoms with van der Waals surface area (Å²) < 4.78 is 5.26. The second kappa shape index (κ2) is 5.28. The Morgan fingerprint density at radius 2 is 1.94 bits per heavy atom. The average molecular weight is 241 g/mol. The minimum absolute atomic E-state index is 0.274. The van der Waals surface area contributed by atoms with Crippen molar-refractivity contribution >= 4 is 6.09 Å². The molecule has 0 bridgehead atoms. The first-order chi connectivity index (χ1) is 7.80. The molecule has 0 heterocycles. The molecule has 1 N–H and O–H groups in total. The third-order valence-corrected chi connectivity index (χ3v) is 3.61. The van der Waals surface area contributed by atoms with Crippen molar-refractivity contribution < 1.29 is 9.53 Å². The standard InChI is InChI=1S/C14H27NO2/c1-6-8-14(7-2)9-11(10-14)15-12(16)17-13(3,4)5/h11H,6-10H2,1-5H3,(H,15,16). The highest BCUT2D eigenvalue weighted by molar-refractivity contribution is 5.68. The number of ether oxygens (including phenoxy) is 1. The summed E-state index contributed by atoms with van der Waals surface area (Å²) >= 11 is 0. The van der Waals surface area contributed by atoms with Crippen LogP contribution < -0.4 is 5.32 Å². The van der Waals surface area contributed by atoms with Crippen LogP contribution in [0.25, 0.3) is 0 Å². The van der Waals surface area contributed by atoms with Gasteiger partial charge in [0.2, 0.25) is 0 Å². The summed E-state index contributed by atoms with van der Waals surface area (Å²) in [6.45, 7) is 10.1. The highest BCUT2D eigenvalue weighted by Crippen LogP contribution is 2.47. The summed E-state index contributed by atoms with van der Waals surface area (Å²) in [5.74, 6) is 0. The monoisotopic (exact) mass is 241 g/mol. The third-order valence-electron chi connectivity index (χ3n) is 3.61. The van der Waals surface area contributed by atoms with Crippen LogP contribution in [0.5, 0.6) is 0 Å². The fourth-order valence-electron chi connectivity index (χ4n) is 2.76. The highest BCUT2D eigenvalue weighted by atomic mass is 16.6. The first-order valence-corrected chi connectivity index (χ1v) is 6.80. The van der Waals surface area contributed by atoms with Gasteiger partial charge in [-0.05, 0) is 45.4 Å². The van der Waals surface area contributed by atoms with Gasteiger partial charge in [-0.25, -0.2) is 4.79 Å². The van der Waals surface area contributed by atoms with Gasteiger partial charge >= 0.3 is 6.09 Å². The Morgan fingerprint density at radius 3 is 2.35 bits per heavy atom. The molecule has 17 heavy (non-hydrogen) atoms. The van der Waals surface area contributed by atoms with Gasteiger partial charge in [-0.15, -0.1) is 0 Å². The molecule has 1 rings (SSSR count). The Kier molecular flexibility index (Phi) is 4.45. The maximum atomic E-state index is 11.6. The van der Waals surface area contributed by atoms with E-state index in [4.69, 9.17) is 4.74 Å². The van der Waals surface area contributed by atoms with Crippen molar-refractivity contribution in [2.75, 3.05) is 0 Å². The molecule has 1 aliphatic carbocycles. The van der Waals surface area contributed by atoms with Crippen molar-refractivity contribution in [3.05, 3.63) is 0 Å². The van der Waals surface area contributed by atoms with Gasteiger partial charge in [-0.1, -0.05) is 26.7 Å². The van der Waals surface area contributed by atoms with E-state index in [1.807, 2.05) is 20.8 Å². The van der Waals surface area contributed by atoms with Crippen LogP contribution in [0.15, 0.2) is 0 Å². The van der Waals surface area contributed by atoms with E-state index >= 15 is 0 Å². The lowest BCUT2D eigenvalue weighted by atomic mass is 9.61. The summed E-state index contributed by atoms with van der Waals surface area (Å²) in [5.41, 5.74) is 0.0769. The maximum Gasteiger partial charge on any atom is 0.407 e. The molecular weight excluding hydrogens is 214 g/mol. The molecule has 0 aliphatic heterocycles. The first-order valence-electron chi connectivity index (χ1n) is 6.80. The Morgan fingerprint density at radius 1 is 1.35 bits per heavy atom. The smallest absolute Gasteiger partial charge is 0.407 e. The lowest BCUT2D eigenvalue weighted by molar-refractivity contribution is 0.0277. The Balaban J connectivity index is 2.31. The Hall–Kier alpha value is -0.730. The topological polar surface area (TPSA) is 38.3 Å². The van der Waals surface area contributed by atoms with E-state index in [9.17, 15) is 4.79 Å². The molecule has 0 aromatic carbocycles. The predicted molar refractivity (Wildman–Crippen MR) is 70.0 cm³/mol. The van der Waals surface area contributed by atoms with E-state index in [0.717, 1.165) is 12.8 Å². The number of carbonyl (C=O) groups is 1. The summed E-state index contributed by atoms with van der Waals surface area (Å²) in [4.78, 5) is 11.6. The first kappa shape index (κ1) is 14.3. The van der Waals surface area contributed by atoms with Gasteiger partial charge in [0.15, 0.2) is 0 Å². The van der Waals surface area contributed by atoms with Crippen molar-refractivity contribution in [2.45, 2.75) is 78.4 Å². The van der Waals surface area contributed by atoms with Crippen LogP contribution in [0.1, 0.15) is 66.7 Å². The van der Waals surface area contributed by atoms with Crippen LogP contribution in [0.4, 0.5) is 4.79 Å². The molecule has 0 unspecified atom stereocenters. The third kappa shape index (κ3) is 4.21. The van der Waals surface area contributed by atoms with Crippen LogP contribution in [-0.4, -0.2) is 17.7 Å². The molecule has 3 heteroatoms. The molecule has 1 fully saturated rings. The van der Waals surface area contributed by atoms with E-state index in [1.165, 1.54) is 19.3 Å². The minimum Gasteiger partial charge on any atom is -0.444 e. The summed E-state index contributed by atoms with van der Waals surface area (Å²) in [6.07, 6.45) is 5.66. The SMILES string of the molecule is CCCC1(CC)CC(NC(=O)OC(C)(C)C)C1.